The van der Waals surface area contributed by atoms with Gasteiger partial charge in [0.15, 0.2) is 5.79 Å². The molecule has 0 aromatic heterocycles. The first-order valence-corrected chi connectivity index (χ1v) is 13.8. The molecule has 5 aliphatic rings. The second-order valence-corrected chi connectivity index (χ2v) is 12.4. The van der Waals surface area contributed by atoms with Crippen molar-refractivity contribution >= 4 is 5.69 Å². The second kappa shape index (κ2) is 8.33. The van der Waals surface area contributed by atoms with Crippen molar-refractivity contribution < 1.29 is 19.7 Å². The normalized spacial score (nSPS) is 40.8. The highest BCUT2D eigenvalue weighted by Gasteiger charge is 2.64. The van der Waals surface area contributed by atoms with Crippen LogP contribution in [-0.2, 0) is 9.47 Å². The summed E-state index contributed by atoms with van der Waals surface area (Å²) >= 11 is 0. The molecule has 1 saturated heterocycles. The number of rotatable bonds is 2. The van der Waals surface area contributed by atoms with Crippen LogP contribution in [0.5, 0.6) is 0 Å². The third-order valence-electron chi connectivity index (χ3n) is 10.5. The smallest absolute Gasteiger partial charge is 0.171 e. The molecule has 6 rings (SSSR count). The SMILES string of the molecule is CC#C[C@]1(O)CC[C@H]2[C@@H]3CC[C@@]4(O)CC5(CCC4=C3[C@@H](c3ccc(N(C)C)cc3)C[C@@]21C)OCCO5. The average Bonchev–Trinajstić information content (AvgIpc) is 3.40. The molecule has 5 heteroatoms. The van der Waals surface area contributed by atoms with Crippen molar-refractivity contribution in [2.75, 3.05) is 32.2 Å². The van der Waals surface area contributed by atoms with Crippen LogP contribution in [0, 0.1) is 29.1 Å². The largest absolute Gasteiger partial charge is 0.385 e. The van der Waals surface area contributed by atoms with Gasteiger partial charge in [0.25, 0.3) is 0 Å². The van der Waals surface area contributed by atoms with E-state index in [1.165, 1.54) is 22.4 Å². The molecule has 0 radical (unpaired) electrons. The Morgan fingerprint density at radius 3 is 2.39 bits per heavy atom. The first-order chi connectivity index (χ1) is 17.1. The van der Waals surface area contributed by atoms with Crippen LogP contribution in [0.2, 0.25) is 0 Å². The monoisotopic (exact) mass is 491 g/mol. The predicted molar refractivity (Wildman–Crippen MR) is 141 cm³/mol. The van der Waals surface area contributed by atoms with Gasteiger partial charge in [-0.3, -0.25) is 0 Å². The lowest BCUT2D eigenvalue weighted by Gasteiger charge is -2.57. The molecule has 2 N–H and O–H groups in total. The van der Waals surface area contributed by atoms with E-state index < -0.39 is 17.0 Å². The molecule has 0 unspecified atom stereocenters. The summed E-state index contributed by atoms with van der Waals surface area (Å²) in [7, 11) is 4.13. The summed E-state index contributed by atoms with van der Waals surface area (Å²) in [5.74, 6) is 6.58. The van der Waals surface area contributed by atoms with Crippen LogP contribution in [0.4, 0.5) is 5.69 Å². The maximum atomic E-state index is 12.1. The van der Waals surface area contributed by atoms with Gasteiger partial charge in [-0.15, -0.1) is 5.92 Å². The van der Waals surface area contributed by atoms with E-state index in [-0.39, 0.29) is 11.3 Å². The molecule has 0 bridgehead atoms. The van der Waals surface area contributed by atoms with Crippen LogP contribution < -0.4 is 4.90 Å². The zero-order valence-corrected chi connectivity index (χ0v) is 22.3. The van der Waals surface area contributed by atoms with Gasteiger partial charge in [-0.1, -0.05) is 30.6 Å². The van der Waals surface area contributed by atoms with Crippen LogP contribution >= 0.6 is 0 Å². The third kappa shape index (κ3) is 3.45. The summed E-state index contributed by atoms with van der Waals surface area (Å²) in [4.78, 5) is 2.13. The topological polar surface area (TPSA) is 62.2 Å². The molecular weight excluding hydrogens is 450 g/mol. The van der Waals surface area contributed by atoms with Crippen molar-refractivity contribution in [3.63, 3.8) is 0 Å². The van der Waals surface area contributed by atoms with Crippen LogP contribution in [0.15, 0.2) is 35.4 Å². The molecule has 3 saturated carbocycles. The molecular formula is C31H41NO4. The van der Waals surface area contributed by atoms with Crippen molar-refractivity contribution in [1.29, 1.82) is 0 Å². The van der Waals surface area contributed by atoms with Crippen LogP contribution in [-0.4, -0.2) is 54.5 Å². The second-order valence-electron chi connectivity index (χ2n) is 12.4. The summed E-state index contributed by atoms with van der Waals surface area (Å²) in [5.41, 5.74) is 3.04. The lowest BCUT2D eigenvalue weighted by molar-refractivity contribution is -0.208. The molecule has 0 amide bonds. The van der Waals surface area contributed by atoms with E-state index in [1.54, 1.807) is 0 Å². The zero-order valence-electron chi connectivity index (χ0n) is 22.3. The Bertz CT molecular complexity index is 1120. The first-order valence-electron chi connectivity index (χ1n) is 13.8. The molecule has 6 atom stereocenters. The predicted octanol–water partition coefficient (Wildman–Crippen LogP) is 4.78. The molecule has 1 aliphatic heterocycles. The van der Waals surface area contributed by atoms with Crippen molar-refractivity contribution in [3.05, 3.63) is 41.0 Å². The van der Waals surface area contributed by atoms with Crippen molar-refractivity contribution in [2.24, 2.45) is 17.3 Å². The molecule has 4 aliphatic carbocycles. The minimum atomic E-state index is -0.958. The summed E-state index contributed by atoms with van der Waals surface area (Å²) in [5, 5.41) is 24.0. The molecule has 1 heterocycles. The lowest BCUT2D eigenvalue weighted by atomic mass is 9.49. The van der Waals surface area contributed by atoms with Crippen molar-refractivity contribution in [1.82, 2.24) is 0 Å². The maximum absolute atomic E-state index is 12.1. The number of fused-ring (bicyclic) bond motifs is 4. The number of anilines is 1. The van der Waals surface area contributed by atoms with Crippen LogP contribution in [0.1, 0.15) is 76.7 Å². The first kappa shape index (κ1) is 24.5. The molecule has 4 fully saturated rings. The van der Waals surface area contributed by atoms with Gasteiger partial charge in [-0.25, -0.2) is 0 Å². The molecule has 194 valence electrons. The van der Waals surface area contributed by atoms with Gasteiger partial charge < -0.3 is 24.6 Å². The van der Waals surface area contributed by atoms with E-state index in [0.717, 1.165) is 44.9 Å². The van der Waals surface area contributed by atoms with Gasteiger partial charge in [0.2, 0.25) is 0 Å². The van der Waals surface area contributed by atoms with E-state index in [1.807, 2.05) is 6.92 Å². The van der Waals surface area contributed by atoms with Crippen LogP contribution in [0.25, 0.3) is 0 Å². The average molecular weight is 492 g/mol. The minimum absolute atomic E-state index is 0.164. The number of hydrogen-bond acceptors (Lipinski definition) is 5. The lowest BCUT2D eigenvalue weighted by Crippen LogP contribution is -2.55. The van der Waals surface area contributed by atoms with E-state index in [0.29, 0.717) is 31.5 Å². The Kier molecular flexibility index (Phi) is 5.67. The minimum Gasteiger partial charge on any atom is -0.385 e. The van der Waals surface area contributed by atoms with E-state index >= 15 is 0 Å². The zero-order chi connectivity index (χ0) is 25.3. The molecule has 1 aromatic rings. The fourth-order valence-corrected chi connectivity index (χ4v) is 8.73. The summed E-state index contributed by atoms with van der Waals surface area (Å²) in [6.45, 7) is 5.36. The number of hydrogen-bond donors (Lipinski definition) is 2. The van der Waals surface area contributed by atoms with Crippen molar-refractivity contribution in [3.8, 4) is 11.8 Å². The van der Waals surface area contributed by atoms with Gasteiger partial charge >= 0.3 is 0 Å². The van der Waals surface area contributed by atoms with Gasteiger partial charge in [0.05, 0.1) is 18.8 Å². The molecule has 1 spiro atoms. The van der Waals surface area contributed by atoms with Crippen molar-refractivity contribution in [2.45, 2.75) is 88.1 Å². The Hall–Kier alpha value is -1.84. The van der Waals surface area contributed by atoms with Gasteiger partial charge in [0.1, 0.15) is 5.60 Å². The summed E-state index contributed by atoms with van der Waals surface area (Å²) < 4.78 is 12.1. The highest BCUT2D eigenvalue weighted by Crippen LogP contribution is 2.67. The maximum Gasteiger partial charge on any atom is 0.171 e. The number of benzene rings is 1. The highest BCUT2D eigenvalue weighted by atomic mass is 16.7. The highest BCUT2D eigenvalue weighted by molar-refractivity contribution is 5.50. The van der Waals surface area contributed by atoms with Gasteiger partial charge in [-0.2, -0.15) is 0 Å². The summed E-state index contributed by atoms with van der Waals surface area (Å²) in [6.07, 6.45) is 6.41. The summed E-state index contributed by atoms with van der Waals surface area (Å²) in [6, 6.07) is 8.91. The Balaban J connectivity index is 1.48. The standard InChI is InChI=1S/C31H41NO4/c1-5-13-30(34)15-11-25-23-10-14-29(33)20-31(35-17-18-36-31)16-12-26(29)27(23)24(19-28(25,30)2)21-6-8-22(9-7-21)32(3)4/h6-9,23-25,33-34H,10-12,14-20H2,1-4H3/t23-,24+,25-,28-,29+,30-/m0/s1. The number of allylic oxidation sites excluding steroid dienone is 1. The Morgan fingerprint density at radius 2 is 1.72 bits per heavy atom. The van der Waals surface area contributed by atoms with E-state index in [2.05, 4.69) is 62.0 Å². The number of ether oxygens (including phenoxy) is 2. The fraction of sp³-hybridized carbons (Fsp3) is 0.677. The van der Waals surface area contributed by atoms with Crippen LogP contribution in [0.3, 0.4) is 0 Å². The Labute approximate surface area is 215 Å². The quantitative estimate of drug-likeness (QED) is 0.461. The van der Waals surface area contributed by atoms with E-state index in [9.17, 15) is 10.2 Å². The van der Waals surface area contributed by atoms with Gasteiger partial charge in [0, 0.05) is 44.0 Å². The van der Waals surface area contributed by atoms with E-state index in [4.69, 9.17) is 9.47 Å². The third-order valence-corrected chi connectivity index (χ3v) is 10.5. The Morgan fingerprint density at radius 1 is 1.00 bits per heavy atom. The number of aliphatic hydroxyl groups is 2. The van der Waals surface area contributed by atoms with Gasteiger partial charge in [-0.05, 0) is 80.6 Å². The number of nitrogens with zero attached hydrogens (tertiary/aromatic N) is 1. The fourth-order valence-electron chi connectivity index (χ4n) is 8.73. The molecule has 5 nitrogen and oxygen atoms in total. The molecule has 1 aromatic carbocycles. The molecule has 36 heavy (non-hydrogen) atoms.